The largest absolute Gasteiger partial charge is 0.493 e. The van der Waals surface area contributed by atoms with Crippen molar-refractivity contribution in [1.29, 1.82) is 0 Å². The molecule has 0 spiro atoms. The Bertz CT molecular complexity index is 343. The molecule has 0 aromatic heterocycles. The van der Waals surface area contributed by atoms with Gasteiger partial charge in [0.2, 0.25) is 0 Å². The standard InChI is InChI=1S/C16H27NOS/c1-4-11-17-14(3)15-9-6-7-10-16(15)18-12-8-13-19-5-2/h6-7,9-10,14,17H,4-5,8,11-13H2,1-3H3. The predicted molar refractivity (Wildman–Crippen MR) is 86.3 cm³/mol. The second-order valence-electron chi connectivity index (χ2n) is 4.61. The minimum atomic E-state index is 0.348. The predicted octanol–water partition coefficient (Wildman–Crippen LogP) is 4.27. The van der Waals surface area contributed by atoms with Crippen LogP contribution >= 0.6 is 11.8 Å². The van der Waals surface area contributed by atoms with Gasteiger partial charge in [0, 0.05) is 11.6 Å². The number of benzene rings is 1. The third kappa shape index (κ3) is 6.35. The molecule has 0 fully saturated rings. The van der Waals surface area contributed by atoms with Gasteiger partial charge in [0.25, 0.3) is 0 Å². The summed E-state index contributed by atoms with van der Waals surface area (Å²) in [5, 5.41) is 3.52. The molecule has 0 saturated carbocycles. The van der Waals surface area contributed by atoms with E-state index in [1.165, 1.54) is 17.1 Å². The molecular weight excluding hydrogens is 254 g/mol. The van der Waals surface area contributed by atoms with Crippen LogP contribution in [0.5, 0.6) is 5.75 Å². The molecule has 1 unspecified atom stereocenters. The number of thioether (sulfide) groups is 1. The van der Waals surface area contributed by atoms with Gasteiger partial charge in [0.05, 0.1) is 6.61 Å². The first kappa shape index (κ1) is 16.4. The monoisotopic (exact) mass is 281 g/mol. The summed E-state index contributed by atoms with van der Waals surface area (Å²) in [7, 11) is 0. The van der Waals surface area contributed by atoms with Crippen LogP contribution in [0.2, 0.25) is 0 Å². The lowest BCUT2D eigenvalue weighted by Crippen LogP contribution is -2.20. The molecule has 1 aromatic carbocycles. The Morgan fingerprint density at radius 3 is 2.79 bits per heavy atom. The summed E-state index contributed by atoms with van der Waals surface area (Å²) in [6.07, 6.45) is 2.27. The third-order valence-corrected chi connectivity index (χ3v) is 3.97. The highest BCUT2D eigenvalue weighted by Crippen LogP contribution is 2.24. The maximum Gasteiger partial charge on any atom is 0.124 e. The van der Waals surface area contributed by atoms with Crippen molar-refractivity contribution in [3.05, 3.63) is 29.8 Å². The van der Waals surface area contributed by atoms with Gasteiger partial charge >= 0.3 is 0 Å². The van der Waals surface area contributed by atoms with Gasteiger partial charge in [-0.3, -0.25) is 0 Å². The van der Waals surface area contributed by atoms with E-state index < -0.39 is 0 Å². The minimum Gasteiger partial charge on any atom is -0.493 e. The maximum atomic E-state index is 5.93. The van der Waals surface area contributed by atoms with Gasteiger partial charge in [-0.25, -0.2) is 0 Å². The van der Waals surface area contributed by atoms with Crippen molar-refractivity contribution in [2.24, 2.45) is 0 Å². The molecule has 0 aliphatic carbocycles. The first-order chi connectivity index (χ1) is 9.29. The first-order valence-electron chi connectivity index (χ1n) is 7.32. The summed E-state index contributed by atoms with van der Waals surface area (Å²) in [5.74, 6) is 3.40. The Labute approximate surface area is 122 Å². The Morgan fingerprint density at radius 1 is 1.26 bits per heavy atom. The van der Waals surface area contributed by atoms with Crippen molar-refractivity contribution in [2.75, 3.05) is 24.7 Å². The summed E-state index contributed by atoms with van der Waals surface area (Å²) in [5.41, 5.74) is 1.26. The van der Waals surface area contributed by atoms with Gasteiger partial charge in [-0.1, -0.05) is 32.0 Å². The van der Waals surface area contributed by atoms with E-state index in [2.05, 4.69) is 44.3 Å². The lowest BCUT2D eigenvalue weighted by molar-refractivity contribution is 0.312. The van der Waals surface area contributed by atoms with E-state index in [1.54, 1.807) is 0 Å². The fraction of sp³-hybridized carbons (Fsp3) is 0.625. The topological polar surface area (TPSA) is 21.3 Å². The van der Waals surface area contributed by atoms with E-state index in [4.69, 9.17) is 4.74 Å². The van der Waals surface area contributed by atoms with Gasteiger partial charge in [0.15, 0.2) is 0 Å². The molecule has 0 aliphatic heterocycles. The van der Waals surface area contributed by atoms with Gasteiger partial charge in [-0.05, 0) is 43.9 Å². The van der Waals surface area contributed by atoms with Crippen LogP contribution in [0.3, 0.4) is 0 Å². The Kier molecular flexibility index (Phi) is 8.76. The van der Waals surface area contributed by atoms with E-state index in [0.717, 1.165) is 31.7 Å². The van der Waals surface area contributed by atoms with Gasteiger partial charge in [0.1, 0.15) is 5.75 Å². The van der Waals surface area contributed by atoms with E-state index >= 15 is 0 Å². The van der Waals surface area contributed by atoms with Crippen molar-refractivity contribution in [3.8, 4) is 5.75 Å². The molecule has 1 N–H and O–H groups in total. The highest BCUT2D eigenvalue weighted by Gasteiger charge is 2.10. The van der Waals surface area contributed by atoms with Gasteiger partial charge in [-0.15, -0.1) is 0 Å². The van der Waals surface area contributed by atoms with E-state index in [-0.39, 0.29) is 0 Å². The lowest BCUT2D eigenvalue weighted by Gasteiger charge is -2.18. The summed E-state index contributed by atoms with van der Waals surface area (Å²) >= 11 is 1.97. The molecular formula is C16H27NOS. The maximum absolute atomic E-state index is 5.93. The normalized spacial score (nSPS) is 12.4. The highest BCUT2D eigenvalue weighted by atomic mass is 32.2. The third-order valence-electron chi connectivity index (χ3n) is 2.98. The van der Waals surface area contributed by atoms with Crippen LogP contribution in [0, 0.1) is 0 Å². The lowest BCUT2D eigenvalue weighted by atomic mass is 10.1. The summed E-state index contributed by atoms with van der Waals surface area (Å²) in [6, 6.07) is 8.71. The van der Waals surface area contributed by atoms with Crippen LogP contribution in [-0.2, 0) is 0 Å². The zero-order chi connectivity index (χ0) is 13.9. The molecule has 108 valence electrons. The minimum absolute atomic E-state index is 0.348. The summed E-state index contributed by atoms with van der Waals surface area (Å²) in [4.78, 5) is 0. The summed E-state index contributed by atoms with van der Waals surface area (Å²) in [6.45, 7) is 8.44. The molecule has 0 amide bonds. The molecule has 0 aliphatic rings. The van der Waals surface area contributed by atoms with Crippen molar-refractivity contribution in [2.45, 2.75) is 39.7 Å². The van der Waals surface area contributed by atoms with Crippen molar-refractivity contribution in [3.63, 3.8) is 0 Å². The van der Waals surface area contributed by atoms with Crippen LogP contribution in [0.1, 0.15) is 45.2 Å². The second kappa shape index (κ2) is 10.2. The van der Waals surface area contributed by atoms with E-state index in [9.17, 15) is 0 Å². The number of rotatable bonds is 10. The number of nitrogens with one attached hydrogen (secondary N) is 1. The molecule has 19 heavy (non-hydrogen) atoms. The fourth-order valence-corrected chi connectivity index (χ4v) is 2.54. The zero-order valence-electron chi connectivity index (χ0n) is 12.4. The number of hydrogen-bond acceptors (Lipinski definition) is 3. The van der Waals surface area contributed by atoms with Crippen molar-refractivity contribution < 1.29 is 4.74 Å². The number of hydrogen-bond donors (Lipinski definition) is 1. The molecule has 0 heterocycles. The fourth-order valence-electron chi connectivity index (χ4n) is 1.93. The smallest absolute Gasteiger partial charge is 0.124 e. The molecule has 1 aromatic rings. The number of para-hydroxylation sites is 1. The Hall–Kier alpha value is -0.670. The van der Waals surface area contributed by atoms with Crippen LogP contribution in [-0.4, -0.2) is 24.7 Å². The molecule has 0 saturated heterocycles. The van der Waals surface area contributed by atoms with Crippen LogP contribution in [0.25, 0.3) is 0 Å². The molecule has 0 radical (unpaired) electrons. The van der Waals surface area contributed by atoms with E-state index in [1.807, 2.05) is 17.8 Å². The molecule has 1 rings (SSSR count). The van der Waals surface area contributed by atoms with E-state index in [0.29, 0.717) is 6.04 Å². The number of ether oxygens (including phenoxy) is 1. The molecule has 1 atom stereocenters. The molecule has 0 bridgehead atoms. The molecule has 3 heteroatoms. The van der Waals surface area contributed by atoms with Crippen molar-refractivity contribution >= 4 is 11.8 Å². The highest BCUT2D eigenvalue weighted by molar-refractivity contribution is 7.99. The average molecular weight is 281 g/mol. The SMILES string of the molecule is CCCNC(C)c1ccccc1OCCCSCC. The zero-order valence-corrected chi connectivity index (χ0v) is 13.3. The Balaban J connectivity index is 2.47. The second-order valence-corrected chi connectivity index (χ2v) is 6.01. The first-order valence-corrected chi connectivity index (χ1v) is 8.47. The van der Waals surface area contributed by atoms with Gasteiger partial charge < -0.3 is 10.1 Å². The van der Waals surface area contributed by atoms with Crippen molar-refractivity contribution in [1.82, 2.24) is 5.32 Å². The average Bonchev–Trinajstić information content (AvgIpc) is 2.45. The van der Waals surface area contributed by atoms with Gasteiger partial charge in [-0.2, -0.15) is 11.8 Å². The Morgan fingerprint density at radius 2 is 2.05 bits per heavy atom. The van der Waals surface area contributed by atoms with Crippen LogP contribution in [0.15, 0.2) is 24.3 Å². The summed E-state index contributed by atoms with van der Waals surface area (Å²) < 4.78 is 5.93. The van der Waals surface area contributed by atoms with Crippen LogP contribution in [0.4, 0.5) is 0 Å². The quantitative estimate of drug-likeness (QED) is 0.647. The van der Waals surface area contributed by atoms with Crippen LogP contribution < -0.4 is 10.1 Å². The molecule has 2 nitrogen and oxygen atoms in total.